The second-order valence-corrected chi connectivity index (χ2v) is 2.44. The van der Waals surface area contributed by atoms with E-state index in [1.165, 1.54) is 11.3 Å². The van der Waals surface area contributed by atoms with Gasteiger partial charge in [0.25, 0.3) is 5.19 Å². The van der Waals surface area contributed by atoms with Crippen LogP contribution in [0.4, 0.5) is 5.00 Å². The summed E-state index contributed by atoms with van der Waals surface area (Å²) in [6.07, 6.45) is 1.74. The van der Waals surface area contributed by atoms with Crippen LogP contribution in [-0.2, 0) is 0 Å². The van der Waals surface area contributed by atoms with Crippen LogP contribution in [0.25, 0.3) is 0 Å². The molecule has 0 aliphatic heterocycles. The van der Waals surface area contributed by atoms with E-state index in [0.717, 1.165) is 5.00 Å². The number of hydrogen-bond acceptors (Lipinski definition) is 4. The molecule has 0 amide bonds. The molecule has 0 aliphatic carbocycles. The molecule has 0 atom stereocenters. The number of aromatic nitrogens is 1. The van der Waals surface area contributed by atoms with Crippen molar-refractivity contribution in [3.05, 3.63) is 6.20 Å². The van der Waals surface area contributed by atoms with E-state index in [1.807, 2.05) is 7.05 Å². The second kappa shape index (κ2) is 2.68. The third-order valence-corrected chi connectivity index (χ3v) is 1.88. The SMILES string of the molecule is CNc1cnc(OC)s1. The Kier molecular flexibility index (Phi) is 1.89. The van der Waals surface area contributed by atoms with Crippen LogP contribution in [0.15, 0.2) is 6.20 Å². The first kappa shape index (κ1) is 6.35. The normalized spacial score (nSPS) is 9.11. The third-order valence-electron chi connectivity index (χ3n) is 0.906. The fourth-order valence-corrected chi connectivity index (χ4v) is 1.05. The average Bonchev–Trinajstić information content (AvgIpc) is 2.34. The first-order valence-electron chi connectivity index (χ1n) is 2.54. The summed E-state index contributed by atoms with van der Waals surface area (Å²) in [6, 6.07) is 0. The second-order valence-electron chi connectivity index (χ2n) is 1.44. The van der Waals surface area contributed by atoms with Gasteiger partial charge < -0.3 is 10.1 Å². The lowest BCUT2D eigenvalue weighted by atomic mass is 10.8. The minimum atomic E-state index is 0.694. The van der Waals surface area contributed by atoms with Crippen molar-refractivity contribution in [1.29, 1.82) is 0 Å². The Hall–Kier alpha value is -0.770. The molecule has 3 nitrogen and oxygen atoms in total. The first-order valence-corrected chi connectivity index (χ1v) is 3.36. The Morgan fingerprint density at radius 2 is 2.56 bits per heavy atom. The van der Waals surface area contributed by atoms with Crippen LogP contribution in [0.3, 0.4) is 0 Å². The molecule has 0 aliphatic rings. The molecule has 1 N–H and O–H groups in total. The molecule has 0 bridgehead atoms. The monoisotopic (exact) mass is 144 g/mol. The van der Waals surface area contributed by atoms with E-state index < -0.39 is 0 Å². The number of thiazole rings is 1. The van der Waals surface area contributed by atoms with Gasteiger partial charge in [-0.2, -0.15) is 0 Å². The summed E-state index contributed by atoms with van der Waals surface area (Å²) in [5, 5.41) is 4.67. The van der Waals surface area contributed by atoms with Gasteiger partial charge in [-0.15, -0.1) is 0 Å². The maximum atomic E-state index is 4.86. The Labute approximate surface area is 57.7 Å². The van der Waals surface area contributed by atoms with E-state index in [-0.39, 0.29) is 0 Å². The van der Waals surface area contributed by atoms with E-state index >= 15 is 0 Å². The van der Waals surface area contributed by atoms with E-state index in [0.29, 0.717) is 5.19 Å². The lowest BCUT2D eigenvalue weighted by Crippen LogP contribution is -1.80. The molecule has 1 aromatic rings. The molecule has 0 fully saturated rings. The highest BCUT2D eigenvalue weighted by Gasteiger charge is 1.96. The molecule has 1 aromatic heterocycles. The highest BCUT2D eigenvalue weighted by molar-refractivity contribution is 7.17. The Bertz CT molecular complexity index is 168. The van der Waals surface area contributed by atoms with Crippen molar-refractivity contribution in [1.82, 2.24) is 4.98 Å². The van der Waals surface area contributed by atoms with Crippen molar-refractivity contribution in [2.75, 3.05) is 19.5 Å². The van der Waals surface area contributed by atoms with Gasteiger partial charge in [-0.05, 0) is 0 Å². The van der Waals surface area contributed by atoms with E-state index in [2.05, 4.69) is 10.3 Å². The standard InChI is InChI=1S/C5H8N2OS/c1-6-4-3-7-5(8-2)9-4/h3,6H,1-2H3. The van der Waals surface area contributed by atoms with Crippen LogP contribution >= 0.6 is 11.3 Å². The molecular weight excluding hydrogens is 136 g/mol. The lowest BCUT2D eigenvalue weighted by Gasteiger charge is -1.88. The summed E-state index contributed by atoms with van der Waals surface area (Å²) in [4.78, 5) is 3.94. The van der Waals surface area contributed by atoms with Crippen molar-refractivity contribution < 1.29 is 4.74 Å². The van der Waals surface area contributed by atoms with Crippen molar-refractivity contribution in [2.24, 2.45) is 0 Å². The predicted octanol–water partition coefficient (Wildman–Crippen LogP) is 1.19. The molecule has 0 saturated heterocycles. The number of methoxy groups -OCH3 is 1. The molecule has 9 heavy (non-hydrogen) atoms. The maximum absolute atomic E-state index is 4.86. The van der Waals surface area contributed by atoms with Gasteiger partial charge in [0.2, 0.25) is 0 Å². The fourth-order valence-electron chi connectivity index (χ4n) is 0.468. The summed E-state index contributed by atoms with van der Waals surface area (Å²) >= 11 is 1.49. The van der Waals surface area contributed by atoms with E-state index in [1.54, 1.807) is 13.3 Å². The first-order chi connectivity index (χ1) is 4.36. The lowest BCUT2D eigenvalue weighted by molar-refractivity contribution is 0.412. The average molecular weight is 144 g/mol. The molecule has 0 spiro atoms. The van der Waals surface area contributed by atoms with Gasteiger partial charge in [0.1, 0.15) is 5.00 Å². The number of rotatable bonds is 2. The molecule has 0 radical (unpaired) electrons. The number of hydrogen-bond donors (Lipinski definition) is 1. The number of nitrogens with one attached hydrogen (secondary N) is 1. The largest absolute Gasteiger partial charge is 0.473 e. The Morgan fingerprint density at radius 1 is 1.78 bits per heavy atom. The highest BCUT2D eigenvalue weighted by atomic mass is 32.1. The van der Waals surface area contributed by atoms with Crippen molar-refractivity contribution in [3.63, 3.8) is 0 Å². The molecule has 0 unspecified atom stereocenters. The minimum absolute atomic E-state index is 0.694. The quantitative estimate of drug-likeness (QED) is 0.677. The van der Waals surface area contributed by atoms with Gasteiger partial charge in [-0.25, -0.2) is 4.98 Å². The smallest absolute Gasteiger partial charge is 0.274 e. The van der Waals surface area contributed by atoms with Crippen LogP contribution in [-0.4, -0.2) is 19.1 Å². The Balaban J connectivity index is 2.74. The van der Waals surface area contributed by atoms with E-state index in [4.69, 9.17) is 4.74 Å². The molecule has 0 saturated carbocycles. The summed E-state index contributed by atoms with van der Waals surface area (Å²) in [5.74, 6) is 0. The van der Waals surface area contributed by atoms with Crippen LogP contribution in [0.5, 0.6) is 5.19 Å². The van der Waals surface area contributed by atoms with E-state index in [9.17, 15) is 0 Å². The van der Waals surface area contributed by atoms with Crippen LogP contribution in [0, 0.1) is 0 Å². The summed E-state index contributed by atoms with van der Waals surface area (Å²) in [7, 11) is 3.46. The van der Waals surface area contributed by atoms with Gasteiger partial charge in [-0.3, -0.25) is 0 Å². The van der Waals surface area contributed by atoms with Gasteiger partial charge in [0.05, 0.1) is 13.3 Å². The Morgan fingerprint density at radius 3 is 2.89 bits per heavy atom. The number of anilines is 1. The van der Waals surface area contributed by atoms with Crippen molar-refractivity contribution in [3.8, 4) is 5.19 Å². The van der Waals surface area contributed by atoms with Gasteiger partial charge in [0.15, 0.2) is 0 Å². The zero-order valence-electron chi connectivity index (χ0n) is 5.34. The topological polar surface area (TPSA) is 34.2 Å². The zero-order chi connectivity index (χ0) is 6.69. The van der Waals surface area contributed by atoms with Crippen LogP contribution < -0.4 is 10.1 Å². The number of nitrogens with zero attached hydrogens (tertiary/aromatic N) is 1. The molecule has 1 heterocycles. The van der Waals surface area contributed by atoms with Gasteiger partial charge in [0, 0.05) is 7.05 Å². The summed E-state index contributed by atoms with van der Waals surface area (Å²) < 4.78 is 4.86. The van der Waals surface area contributed by atoms with Crippen molar-refractivity contribution >= 4 is 16.3 Å². The molecule has 0 aromatic carbocycles. The van der Waals surface area contributed by atoms with Gasteiger partial charge >= 0.3 is 0 Å². The minimum Gasteiger partial charge on any atom is -0.473 e. The van der Waals surface area contributed by atoms with Gasteiger partial charge in [-0.1, -0.05) is 11.3 Å². The zero-order valence-corrected chi connectivity index (χ0v) is 6.16. The molecule has 1 rings (SSSR count). The maximum Gasteiger partial charge on any atom is 0.274 e. The molecule has 50 valence electrons. The summed E-state index contributed by atoms with van der Waals surface area (Å²) in [5.41, 5.74) is 0. The fraction of sp³-hybridized carbons (Fsp3) is 0.400. The summed E-state index contributed by atoms with van der Waals surface area (Å²) in [6.45, 7) is 0. The number of ether oxygens (including phenoxy) is 1. The predicted molar refractivity (Wildman–Crippen MR) is 38.2 cm³/mol. The third kappa shape index (κ3) is 1.32. The highest BCUT2D eigenvalue weighted by Crippen LogP contribution is 2.23. The van der Waals surface area contributed by atoms with Crippen molar-refractivity contribution in [2.45, 2.75) is 0 Å². The molecular formula is C5H8N2OS. The van der Waals surface area contributed by atoms with Crippen LogP contribution in [0.2, 0.25) is 0 Å². The molecule has 4 heteroatoms. The van der Waals surface area contributed by atoms with Crippen LogP contribution in [0.1, 0.15) is 0 Å².